The zero-order chi connectivity index (χ0) is 20.5. The lowest BCUT2D eigenvalue weighted by molar-refractivity contribution is 0.574. The molecule has 2 aromatic heterocycles. The van der Waals surface area contributed by atoms with E-state index in [9.17, 15) is 4.39 Å². The number of aliphatic imine (C=N–C) groups is 1. The van der Waals surface area contributed by atoms with E-state index in [1.165, 1.54) is 17.7 Å². The zero-order valence-electron chi connectivity index (χ0n) is 16.2. The Hall–Kier alpha value is -3.99. The van der Waals surface area contributed by atoms with Crippen molar-refractivity contribution >= 4 is 23.0 Å². The summed E-state index contributed by atoms with van der Waals surface area (Å²) in [6.07, 6.45) is 1.65. The summed E-state index contributed by atoms with van der Waals surface area (Å²) in [5, 5.41) is 0. The van der Waals surface area contributed by atoms with E-state index in [2.05, 4.69) is 9.98 Å². The van der Waals surface area contributed by atoms with Gasteiger partial charge in [0.1, 0.15) is 22.9 Å². The first-order valence-electron chi connectivity index (χ1n) is 9.51. The molecule has 3 aromatic carbocycles. The van der Waals surface area contributed by atoms with Crippen LogP contribution in [0.4, 0.5) is 10.1 Å². The van der Waals surface area contributed by atoms with E-state index in [0.717, 1.165) is 22.3 Å². The molecule has 146 valence electrons. The van der Waals surface area contributed by atoms with Crippen molar-refractivity contribution in [3.05, 3.63) is 96.0 Å². The predicted molar refractivity (Wildman–Crippen MR) is 116 cm³/mol. The molecule has 5 rings (SSSR count). The first kappa shape index (κ1) is 18.1. The van der Waals surface area contributed by atoms with Gasteiger partial charge in [0, 0.05) is 11.1 Å². The second-order valence-corrected chi connectivity index (χ2v) is 7.00. The highest BCUT2D eigenvalue weighted by Gasteiger charge is 2.09. The summed E-state index contributed by atoms with van der Waals surface area (Å²) in [5.41, 5.74) is 5.13. The van der Waals surface area contributed by atoms with Crippen molar-refractivity contribution in [3.8, 4) is 22.8 Å². The Labute approximate surface area is 172 Å². The molecule has 0 bridgehead atoms. The standard InChI is InChI=1S/C25H17FN2O2/c1-16-2-4-18(5-3-16)25-28-22-14-20(10-12-24(22)30-25)27-15-21-11-13-23(29-21)17-6-8-19(26)9-7-17/h2-15H,1H3. The second-order valence-electron chi connectivity index (χ2n) is 7.00. The van der Waals surface area contributed by atoms with E-state index in [0.29, 0.717) is 23.0 Å². The maximum atomic E-state index is 13.1. The van der Waals surface area contributed by atoms with Crippen LogP contribution in [0.3, 0.4) is 0 Å². The van der Waals surface area contributed by atoms with Crippen LogP contribution in [0.5, 0.6) is 0 Å². The van der Waals surface area contributed by atoms with Crippen molar-refractivity contribution in [1.82, 2.24) is 4.98 Å². The van der Waals surface area contributed by atoms with Gasteiger partial charge in [0.05, 0.1) is 11.9 Å². The van der Waals surface area contributed by atoms with Gasteiger partial charge in [0.15, 0.2) is 5.58 Å². The maximum Gasteiger partial charge on any atom is 0.227 e. The number of fused-ring (bicyclic) bond motifs is 1. The van der Waals surface area contributed by atoms with Gasteiger partial charge in [0.2, 0.25) is 5.89 Å². The normalized spacial score (nSPS) is 11.5. The zero-order valence-corrected chi connectivity index (χ0v) is 16.2. The molecule has 0 aliphatic carbocycles. The largest absolute Gasteiger partial charge is 0.455 e. The Morgan fingerprint density at radius 2 is 1.60 bits per heavy atom. The van der Waals surface area contributed by atoms with Crippen LogP contribution in [-0.2, 0) is 0 Å². The number of oxazole rings is 1. The molecular formula is C25H17FN2O2. The molecule has 0 fully saturated rings. The SMILES string of the molecule is Cc1ccc(-c2nc3cc(N=Cc4ccc(-c5ccc(F)cc5)o4)ccc3o2)cc1. The summed E-state index contributed by atoms with van der Waals surface area (Å²) >= 11 is 0. The van der Waals surface area contributed by atoms with Crippen LogP contribution < -0.4 is 0 Å². The molecule has 5 aromatic rings. The van der Waals surface area contributed by atoms with E-state index in [1.807, 2.05) is 61.5 Å². The van der Waals surface area contributed by atoms with Crippen molar-refractivity contribution in [3.63, 3.8) is 0 Å². The van der Waals surface area contributed by atoms with Gasteiger partial charge in [-0.15, -0.1) is 0 Å². The van der Waals surface area contributed by atoms with Gasteiger partial charge >= 0.3 is 0 Å². The van der Waals surface area contributed by atoms with Crippen LogP contribution in [-0.4, -0.2) is 11.2 Å². The molecule has 2 heterocycles. The van der Waals surface area contributed by atoms with Gasteiger partial charge < -0.3 is 8.83 Å². The lowest BCUT2D eigenvalue weighted by Crippen LogP contribution is -1.78. The molecule has 0 radical (unpaired) electrons. The monoisotopic (exact) mass is 396 g/mol. The van der Waals surface area contributed by atoms with E-state index < -0.39 is 0 Å². The summed E-state index contributed by atoms with van der Waals surface area (Å²) in [6, 6.07) is 23.5. The summed E-state index contributed by atoms with van der Waals surface area (Å²) in [7, 11) is 0. The highest BCUT2D eigenvalue weighted by molar-refractivity contribution is 5.83. The first-order chi connectivity index (χ1) is 14.6. The fraction of sp³-hybridized carbons (Fsp3) is 0.0400. The lowest BCUT2D eigenvalue weighted by atomic mass is 10.1. The Morgan fingerprint density at radius 1 is 0.833 bits per heavy atom. The van der Waals surface area contributed by atoms with Crippen LogP contribution in [0, 0.1) is 12.7 Å². The molecule has 0 unspecified atom stereocenters. The quantitative estimate of drug-likeness (QED) is 0.309. The Bertz CT molecular complexity index is 1350. The predicted octanol–water partition coefficient (Wildman–Crippen LogP) is 6.95. The van der Waals surface area contributed by atoms with Crippen LogP contribution in [0.1, 0.15) is 11.3 Å². The van der Waals surface area contributed by atoms with Crippen molar-refractivity contribution < 1.29 is 13.2 Å². The molecular weight excluding hydrogens is 379 g/mol. The van der Waals surface area contributed by atoms with E-state index in [1.54, 1.807) is 18.3 Å². The van der Waals surface area contributed by atoms with Gasteiger partial charge in [-0.05, 0) is 73.7 Å². The van der Waals surface area contributed by atoms with Gasteiger partial charge in [-0.3, -0.25) is 4.99 Å². The molecule has 0 saturated heterocycles. The number of furan rings is 1. The minimum atomic E-state index is -0.277. The molecule has 30 heavy (non-hydrogen) atoms. The van der Waals surface area contributed by atoms with Gasteiger partial charge in [-0.25, -0.2) is 9.37 Å². The van der Waals surface area contributed by atoms with Gasteiger partial charge in [-0.1, -0.05) is 17.7 Å². The van der Waals surface area contributed by atoms with Crippen LogP contribution in [0.2, 0.25) is 0 Å². The Kier molecular flexibility index (Phi) is 4.48. The minimum absolute atomic E-state index is 0.277. The number of nitrogens with zero attached hydrogens (tertiary/aromatic N) is 2. The molecule has 0 aliphatic rings. The molecule has 0 spiro atoms. The third-order valence-electron chi connectivity index (χ3n) is 4.77. The number of aryl methyl sites for hydroxylation is 1. The number of hydrogen-bond acceptors (Lipinski definition) is 4. The third kappa shape index (κ3) is 3.65. The molecule has 0 amide bonds. The average Bonchev–Trinajstić information content (AvgIpc) is 3.40. The molecule has 5 heteroatoms. The highest BCUT2D eigenvalue weighted by atomic mass is 19.1. The molecule has 4 nitrogen and oxygen atoms in total. The number of halogens is 1. The molecule has 0 atom stereocenters. The maximum absolute atomic E-state index is 13.1. The smallest absolute Gasteiger partial charge is 0.227 e. The topological polar surface area (TPSA) is 51.5 Å². The number of rotatable bonds is 4. The van der Waals surface area contributed by atoms with Gasteiger partial charge in [0.25, 0.3) is 0 Å². The second kappa shape index (κ2) is 7.44. The van der Waals surface area contributed by atoms with E-state index in [4.69, 9.17) is 8.83 Å². The summed E-state index contributed by atoms with van der Waals surface area (Å²) in [4.78, 5) is 9.07. The summed E-state index contributed by atoms with van der Waals surface area (Å²) in [6.45, 7) is 2.04. The summed E-state index contributed by atoms with van der Waals surface area (Å²) in [5.74, 6) is 1.57. The van der Waals surface area contributed by atoms with Crippen molar-refractivity contribution in [2.45, 2.75) is 6.92 Å². The number of aromatic nitrogens is 1. The number of benzene rings is 3. The van der Waals surface area contributed by atoms with Crippen LogP contribution in [0.25, 0.3) is 33.9 Å². The molecule has 0 N–H and O–H groups in total. The van der Waals surface area contributed by atoms with Crippen molar-refractivity contribution in [2.24, 2.45) is 4.99 Å². The third-order valence-corrected chi connectivity index (χ3v) is 4.77. The fourth-order valence-electron chi connectivity index (χ4n) is 3.15. The Balaban J connectivity index is 1.38. The van der Waals surface area contributed by atoms with Gasteiger partial charge in [-0.2, -0.15) is 0 Å². The lowest BCUT2D eigenvalue weighted by Gasteiger charge is -1.96. The number of hydrogen-bond donors (Lipinski definition) is 0. The van der Waals surface area contributed by atoms with Crippen molar-refractivity contribution in [1.29, 1.82) is 0 Å². The van der Waals surface area contributed by atoms with Crippen molar-refractivity contribution in [2.75, 3.05) is 0 Å². The van der Waals surface area contributed by atoms with E-state index >= 15 is 0 Å². The molecule has 0 saturated carbocycles. The van der Waals surface area contributed by atoms with Crippen LogP contribution >= 0.6 is 0 Å². The molecule has 0 aliphatic heterocycles. The highest BCUT2D eigenvalue weighted by Crippen LogP contribution is 2.28. The Morgan fingerprint density at radius 3 is 2.40 bits per heavy atom. The fourth-order valence-corrected chi connectivity index (χ4v) is 3.15. The average molecular weight is 396 g/mol. The van der Waals surface area contributed by atoms with E-state index in [-0.39, 0.29) is 5.82 Å². The first-order valence-corrected chi connectivity index (χ1v) is 9.51. The summed E-state index contributed by atoms with van der Waals surface area (Å²) < 4.78 is 24.7. The minimum Gasteiger partial charge on any atom is -0.455 e. The van der Waals surface area contributed by atoms with Crippen LogP contribution in [0.15, 0.2) is 92.7 Å².